The van der Waals surface area contributed by atoms with Gasteiger partial charge in [-0.15, -0.1) is 0 Å². The highest BCUT2D eigenvalue weighted by atomic mass is 32.2. The van der Waals surface area contributed by atoms with Crippen molar-refractivity contribution in [2.75, 3.05) is 12.3 Å². The second kappa shape index (κ2) is 6.42. The molecule has 1 heterocycles. The third kappa shape index (κ3) is 3.20. The van der Waals surface area contributed by atoms with E-state index >= 15 is 0 Å². The average Bonchev–Trinajstić information content (AvgIpc) is 2.91. The highest BCUT2D eigenvalue weighted by molar-refractivity contribution is 7.92. The molecule has 22 heavy (non-hydrogen) atoms. The first-order valence-electron chi connectivity index (χ1n) is 8.15. The smallest absolute Gasteiger partial charge is 0.0739 e. The SMILES string of the molecule is N=S(=O)(CCN)c1ccc2ccn(CC3CCCCC3)c2c1. The fraction of sp³-hybridized carbons (Fsp3) is 0.529. The first-order valence-corrected chi connectivity index (χ1v) is 9.88. The summed E-state index contributed by atoms with van der Waals surface area (Å²) in [6, 6.07) is 7.84. The highest BCUT2D eigenvalue weighted by Crippen LogP contribution is 2.28. The Kier molecular flexibility index (Phi) is 4.54. The van der Waals surface area contributed by atoms with E-state index in [-0.39, 0.29) is 12.3 Å². The number of nitrogens with zero attached hydrogens (tertiary/aromatic N) is 1. The number of nitrogens with two attached hydrogens (primary N) is 1. The van der Waals surface area contributed by atoms with Crippen LogP contribution in [0.15, 0.2) is 35.4 Å². The fourth-order valence-electron chi connectivity index (χ4n) is 3.46. The zero-order valence-corrected chi connectivity index (χ0v) is 13.8. The largest absolute Gasteiger partial charge is 0.347 e. The van der Waals surface area contributed by atoms with Crippen molar-refractivity contribution in [2.24, 2.45) is 11.7 Å². The molecule has 1 aliphatic carbocycles. The molecule has 1 aromatic heterocycles. The molecule has 1 atom stereocenters. The maximum absolute atomic E-state index is 12.4. The lowest BCUT2D eigenvalue weighted by Crippen LogP contribution is -2.15. The molecule has 3 N–H and O–H groups in total. The second-order valence-electron chi connectivity index (χ2n) is 6.36. The molecule has 5 heteroatoms. The minimum Gasteiger partial charge on any atom is -0.347 e. The molecule has 0 bridgehead atoms. The van der Waals surface area contributed by atoms with E-state index in [1.165, 1.54) is 32.1 Å². The number of nitrogens with one attached hydrogen (secondary N) is 1. The quantitative estimate of drug-likeness (QED) is 0.884. The van der Waals surface area contributed by atoms with Gasteiger partial charge in [0.1, 0.15) is 0 Å². The van der Waals surface area contributed by atoms with Crippen LogP contribution < -0.4 is 5.73 Å². The van der Waals surface area contributed by atoms with Gasteiger partial charge in [-0.3, -0.25) is 0 Å². The fourth-order valence-corrected chi connectivity index (χ4v) is 4.62. The van der Waals surface area contributed by atoms with Crippen molar-refractivity contribution in [1.29, 1.82) is 4.78 Å². The molecule has 0 saturated heterocycles. The predicted molar refractivity (Wildman–Crippen MR) is 91.6 cm³/mol. The lowest BCUT2D eigenvalue weighted by atomic mass is 9.89. The molecule has 1 aliphatic rings. The molecular weight excluding hydrogens is 294 g/mol. The summed E-state index contributed by atoms with van der Waals surface area (Å²) in [4.78, 5) is 0.606. The first kappa shape index (κ1) is 15.6. The van der Waals surface area contributed by atoms with Gasteiger partial charge in [0.2, 0.25) is 0 Å². The molecule has 1 saturated carbocycles. The van der Waals surface area contributed by atoms with Crippen molar-refractivity contribution in [3.05, 3.63) is 30.5 Å². The van der Waals surface area contributed by atoms with E-state index in [4.69, 9.17) is 10.5 Å². The Morgan fingerprint density at radius 3 is 2.73 bits per heavy atom. The maximum Gasteiger partial charge on any atom is 0.0739 e. The zero-order chi connectivity index (χ0) is 15.6. The Bertz CT molecular complexity index is 742. The van der Waals surface area contributed by atoms with E-state index in [9.17, 15) is 4.21 Å². The van der Waals surface area contributed by atoms with Gasteiger partial charge in [0, 0.05) is 35.5 Å². The Hall–Kier alpha value is -1.33. The Morgan fingerprint density at radius 1 is 1.23 bits per heavy atom. The first-order chi connectivity index (χ1) is 10.6. The van der Waals surface area contributed by atoms with Gasteiger partial charge in [-0.1, -0.05) is 25.3 Å². The second-order valence-corrected chi connectivity index (χ2v) is 8.59. The van der Waals surface area contributed by atoms with Gasteiger partial charge in [-0.05, 0) is 42.3 Å². The molecule has 1 fully saturated rings. The molecule has 4 nitrogen and oxygen atoms in total. The lowest BCUT2D eigenvalue weighted by Gasteiger charge is -2.22. The average molecular weight is 319 g/mol. The standard InChI is InChI=1S/C17H25N3OS/c18-9-11-22(19,21)16-7-6-15-8-10-20(17(15)12-16)13-14-4-2-1-3-5-14/h6-8,10,12,14,19H,1-5,9,11,13,18H2. The van der Waals surface area contributed by atoms with Gasteiger partial charge in [0.05, 0.1) is 9.73 Å². The van der Waals surface area contributed by atoms with E-state index in [2.05, 4.69) is 16.8 Å². The molecule has 1 unspecified atom stereocenters. The lowest BCUT2D eigenvalue weighted by molar-refractivity contribution is 0.322. The molecule has 0 radical (unpaired) electrons. The molecule has 120 valence electrons. The monoisotopic (exact) mass is 319 g/mol. The van der Waals surface area contributed by atoms with Crippen LogP contribution in [0.5, 0.6) is 0 Å². The maximum atomic E-state index is 12.4. The van der Waals surface area contributed by atoms with Crippen LogP contribution in [-0.4, -0.2) is 21.1 Å². The van der Waals surface area contributed by atoms with Gasteiger partial charge in [-0.2, -0.15) is 0 Å². The van der Waals surface area contributed by atoms with Crippen LogP contribution in [0.1, 0.15) is 32.1 Å². The van der Waals surface area contributed by atoms with E-state index in [1.54, 1.807) is 0 Å². The molecule has 3 rings (SSSR count). The Balaban J connectivity index is 1.91. The van der Waals surface area contributed by atoms with Crippen LogP contribution in [0.2, 0.25) is 0 Å². The van der Waals surface area contributed by atoms with Gasteiger partial charge < -0.3 is 10.3 Å². The molecular formula is C17H25N3OS. The van der Waals surface area contributed by atoms with Crippen molar-refractivity contribution >= 4 is 20.6 Å². The summed E-state index contributed by atoms with van der Waals surface area (Å²) in [5.41, 5.74) is 6.59. The minimum atomic E-state index is -2.77. The molecule has 1 aromatic carbocycles. The third-order valence-electron chi connectivity index (χ3n) is 4.71. The van der Waals surface area contributed by atoms with Crippen molar-refractivity contribution in [2.45, 2.75) is 43.5 Å². The normalized spacial score (nSPS) is 19.3. The number of benzene rings is 1. The van der Waals surface area contributed by atoms with Crippen LogP contribution in [0.4, 0.5) is 0 Å². The number of rotatable bonds is 5. The van der Waals surface area contributed by atoms with E-state index in [0.29, 0.717) is 4.90 Å². The minimum absolute atomic E-state index is 0.224. The zero-order valence-electron chi connectivity index (χ0n) is 13.0. The summed E-state index contributed by atoms with van der Waals surface area (Å²) in [6.45, 7) is 1.31. The van der Waals surface area contributed by atoms with Crippen molar-refractivity contribution < 1.29 is 4.21 Å². The Labute approximate surface area is 132 Å². The summed E-state index contributed by atoms with van der Waals surface area (Å²) in [6.07, 6.45) is 8.78. The van der Waals surface area contributed by atoms with Gasteiger partial charge >= 0.3 is 0 Å². The van der Waals surface area contributed by atoms with E-state index in [0.717, 1.165) is 23.4 Å². The number of hydrogen-bond donors (Lipinski definition) is 2. The van der Waals surface area contributed by atoms with Crippen LogP contribution in [0, 0.1) is 10.7 Å². The van der Waals surface area contributed by atoms with Gasteiger partial charge in [0.25, 0.3) is 0 Å². The highest BCUT2D eigenvalue weighted by Gasteiger charge is 2.16. The summed E-state index contributed by atoms with van der Waals surface area (Å²) < 4.78 is 22.8. The van der Waals surface area contributed by atoms with Crippen molar-refractivity contribution in [1.82, 2.24) is 4.57 Å². The molecule has 0 spiro atoms. The third-order valence-corrected chi connectivity index (χ3v) is 6.54. The van der Waals surface area contributed by atoms with Gasteiger partial charge in [-0.25, -0.2) is 8.99 Å². The van der Waals surface area contributed by atoms with Crippen molar-refractivity contribution in [3.8, 4) is 0 Å². The topological polar surface area (TPSA) is 71.9 Å². The van der Waals surface area contributed by atoms with Crippen LogP contribution >= 0.6 is 0 Å². The van der Waals surface area contributed by atoms with Crippen molar-refractivity contribution in [3.63, 3.8) is 0 Å². The molecule has 0 aliphatic heterocycles. The number of fused-ring (bicyclic) bond motifs is 1. The summed E-state index contributed by atoms with van der Waals surface area (Å²) in [5.74, 6) is 0.972. The van der Waals surface area contributed by atoms with Crippen LogP contribution in [0.3, 0.4) is 0 Å². The van der Waals surface area contributed by atoms with Gasteiger partial charge in [0.15, 0.2) is 0 Å². The van der Waals surface area contributed by atoms with Crippen LogP contribution in [0.25, 0.3) is 10.9 Å². The summed E-state index contributed by atoms with van der Waals surface area (Å²) in [5, 5.41) is 1.16. The number of hydrogen-bond acceptors (Lipinski definition) is 3. The molecule has 0 amide bonds. The summed E-state index contributed by atoms with van der Waals surface area (Å²) >= 11 is 0. The van der Waals surface area contributed by atoms with E-state index in [1.807, 2.05) is 18.2 Å². The predicted octanol–water partition coefficient (Wildman–Crippen LogP) is 3.59. The Morgan fingerprint density at radius 2 is 2.00 bits per heavy atom. The molecule has 2 aromatic rings. The van der Waals surface area contributed by atoms with E-state index < -0.39 is 9.73 Å². The number of aromatic nitrogens is 1. The van der Waals surface area contributed by atoms with Crippen LogP contribution in [-0.2, 0) is 16.3 Å². The summed E-state index contributed by atoms with van der Waals surface area (Å²) in [7, 11) is -2.77.